The van der Waals surface area contributed by atoms with Crippen molar-refractivity contribution < 1.29 is 0 Å². The molecular formula is C16H18N2. The molecule has 0 amide bonds. The van der Waals surface area contributed by atoms with Crippen LogP contribution < -0.4 is 5.32 Å². The summed E-state index contributed by atoms with van der Waals surface area (Å²) in [6, 6.07) is 17.3. The second-order valence-corrected chi connectivity index (χ2v) is 4.93. The molecule has 1 N–H and O–H groups in total. The van der Waals surface area contributed by atoms with Crippen molar-refractivity contribution >= 4 is 0 Å². The molecule has 2 heteroatoms. The van der Waals surface area contributed by atoms with Crippen molar-refractivity contribution in [2.75, 3.05) is 0 Å². The molecule has 0 saturated heterocycles. The van der Waals surface area contributed by atoms with Crippen molar-refractivity contribution in [1.82, 2.24) is 10.3 Å². The van der Waals surface area contributed by atoms with Crippen molar-refractivity contribution in [3.05, 3.63) is 66.0 Å². The summed E-state index contributed by atoms with van der Waals surface area (Å²) in [6.07, 6.45) is 4.54. The van der Waals surface area contributed by atoms with Crippen molar-refractivity contribution in [3.8, 4) is 0 Å². The first kappa shape index (κ1) is 11.4. The van der Waals surface area contributed by atoms with Gasteiger partial charge in [-0.1, -0.05) is 36.4 Å². The molecule has 1 unspecified atom stereocenters. The molecule has 1 fully saturated rings. The molecule has 0 radical (unpaired) electrons. The number of benzene rings is 1. The van der Waals surface area contributed by atoms with Crippen molar-refractivity contribution in [1.29, 1.82) is 0 Å². The molecule has 2 nitrogen and oxygen atoms in total. The minimum absolute atomic E-state index is 0.480. The normalized spacial score (nSPS) is 16.4. The molecule has 1 heterocycles. The van der Waals surface area contributed by atoms with Crippen LogP contribution in [0.3, 0.4) is 0 Å². The van der Waals surface area contributed by atoms with E-state index in [1.807, 2.05) is 18.3 Å². The van der Waals surface area contributed by atoms with Gasteiger partial charge in [-0.05, 0) is 36.5 Å². The molecule has 3 rings (SSSR count). The van der Waals surface area contributed by atoms with Gasteiger partial charge >= 0.3 is 0 Å². The maximum atomic E-state index is 4.36. The van der Waals surface area contributed by atoms with E-state index in [1.54, 1.807) is 0 Å². The second-order valence-electron chi connectivity index (χ2n) is 4.93. The van der Waals surface area contributed by atoms with E-state index in [0.29, 0.717) is 6.04 Å². The van der Waals surface area contributed by atoms with E-state index in [2.05, 4.69) is 46.7 Å². The van der Waals surface area contributed by atoms with Gasteiger partial charge in [0.05, 0.1) is 5.69 Å². The molecule has 1 saturated carbocycles. The fourth-order valence-electron chi connectivity index (χ4n) is 2.36. The van der Waals surface area contributed by atoms with Crippen LogP contribution in [-0.4, -0.2) is 4.98 Å². The molecule has 18 heavy (non-hydrogen) atoms. The highest BCUT2D eigenvalue weighted by atomic mass is 14.9. The summed E-state index contributed by atoms with van der Waals surface area (Å²) in [6.45, 7) is 0.844. The van der Waals surface area contributed by atoms with Gasteiger partial charge in [-0.3, -0.25) is 4.98 Å². The maximum Gasteiger partial charge on any atom is 0.0541 e. The smallest absolute Gasteiger partial charge is 0.0541 e. The third-order valence-corrected chi connectivity index (χ3v) is 3.48. The minimum Gasteiger partial charge on any atom is -0.304 e. The first-order valence-electron chi connectivity index (χ1n) is 6.62. The molecule has 1 atom stereocenters. The van der Waals surface area contributed by atoms with Crippen LogP contribution in [0.2, 0.25) is 0 Å². The molecule has 1 aliphatic carbocycles. The highest BCUT2D eigenvalue weighted by Crippen LogP contribution is 2.40. The molecule has 1 aromatic heterocycles. The Bertz CT molecular complexity index is 477. The molecule has 1 aromatic carbocycles. The lowest BCUT2D eigenvalue weighted by Crippen LogP contribution is -2.23. The van der Waals surface area contributed by atoms with Crippen LogP contribution in [0.25, 0.3) is 0 Å². The van der Waals surface area contributed by atoms with Gasteiger partial charge in [-0.15, -0.1) is 0 Å². The first-order chi connectivity index (χ1) is 8.93. The van der Waals surface area contributed by atoms with E-state index in [0.717, 1.165) is 18.2 Å². The Hall–Kier alpha value is -1.67. The van der Waals surface area contributed by atoms with Crippen LogP contribution in [0, 0.1) is 5.92 Å². The number of pyridine rings is 1. The quantitative estimate of drug-likeness (QED) is 0.864. The van der Waals surface area contributed by atoms with Gasteiger partial charge in [0.15, 0.2) is 0 Å². The highest BCUT2D eigenvalue weighted by Gasteiger charge is 2.31. The van der Waals surface area contributed by atoms with E-state index in [-0.39, 0.29) is 0 Å². The predicted octanol–water partition coefficient (Wildman–Crippen LogP) is 3.32. The zero-order valence-corrected chi connectivity index (χ0v) is 10.4. The lowest BCUT2D eigenvalue weighted by molar-refractivity contribution is 0.476. The van der Waals surface area contributed by atoms with Gasteiger partial charge in [0.1, 0.15) is 0 Å². The molecule has 2 aromatic rings. The summed E-state index contributed by atoms with van der Waals surface area (Å²) in [4.78, 5) is 4.36. The molecule has 92 valence electrons. The van der Waals surface area contributed by atoms with E-state index in [4.69, 9.17) is 0 Å². The Labute approximate surface area is 108 Å². The van der Waals surface area contributed by atoms with Gasteiger partial charge in [-0.2, -0.15) is 0 Å². The number of aromatic nitrogens is 1. The fourth-order valence-corrected chi connectivity index (χ4v) is 2.36. The number of hydrogen-bond donors (Lipinski definition) is 1. The molecule has 1 aliphatic rings. The first-order valence-corrected chi connectivity index (χ1v) is 6.62. The number of nitrogens with zero attached hydrogens (tertiary/aromatic N) is 1. The van der Waals surface area contributed by atoms with Crippen molar-refractivity contribution in [2.24, 2.45) is 5.92 Å². The summed E-state index contributed by atoms with van der Waals surface area (Å²) in [5.74, 6) is 0.802. The van der Waals surface area contributed by atoms with Gasteiger partial charge in [-0.25, -0.2) is 0 Å². The van der Waals surface area contributed by atoms with Gasteiger partial charge in [0.25, 0.3) is 0 Å². The molecule has 0 bridgehead atoms. The van der Waals surface area contributed by atoms with E-state index in [1.165, 1.54) is 18.4 Å². The number of rotatable bonds is 5. The van der Waals surface area contributed by atoms with Crippen molar-refractivity contribution in [2.45, 2.75) is 25.4 Å². The summed E-state index contributed by atoms with van der Waals surface area (Å²) < 4.78 is 0. The SMILES string of the molecule is c1ccc(C(NCc2ccccn2)C2CC2)cc1. The Morgan fingerprint density at radius 1 is 1.06 bits per heavy atom. The number of hydrogen-bond acceptors (Lipinski definition) is 2. The summed E-state index contributed by atoms with van der Waals surface area (Å²) in [7, 11) is 0. The summed E-state index contributed by atoms with van der Waals surface area (Å²) in [5, 5.41) is 3.65. The Balaban J connectivity index is 1.68. The van der Waals surface area contributed by atoms with Crippen LogP contribution in [0.15, 0.2) is 54.7 Å². The Morgan fingerprint density at radius 3 is 2.50 bits per heavy atom. The van der Waals surface area contributed by atoms with Gasteiger partial charge < -0.3 is 5.32 Å². The third kappa shape index (κ3) is 2.77. The predicted molar refractivity (Wildman–Crippen MR) is 73.0 cm³/mol. The van der Waals surface area contributed by atoms with Gasteiger partial charge in [0.2, 0.25) is 0 Å². The standard InChI is InChI=1S/C16H18N2/c1-2-6-13(7-3-1)16(14-9-10-14)18-12-15-8-4-5-11-17-15/h1-8,11,14,16,18H,9-10,12H2. The summed E-state index contributed by atoms with van der Waals surface area (Å²) >= 11 is 0. The zero-order valence-electron chi connectivity index (χ0n) is 10.4. The molecular weight excluding hydrogens is 220 g/mol. The topological polar surface area (TPSA) is 24.9 Å². The molecule has 0 spiro atoms. The third-order valence-electron chi connectivity index (χ3n) is 3.48. The lowest BCUT2D eigenvalue weighted by atomic mass is 10.0. The van der Waals surface area contributed by atoms with Crippen LogP contribution in [0.5, 0.6) is 0 Å². The minimum atomic E-state index is 0.480. The zero-order chi connectivity index (χ0) is 12.2. The average molecular weight is 238 g/mol. The number of nitrogens with one attached hydrogen (secondary N) is 1. The lowest BCUT2D eigenvalue weighted by Gasteiger charge is -2.18. The van der Waals surface area contributed by atoms with Crippen LogP contribution >= 0.6 is 0 Å². The molecule has 0 aliphatic heterocycles. The van der Waals surface area contributed by atoms with Crippen LogP contribution in [0.4, 0.5) is 0 Å². The second kappa shape index (κ2) is 5.32. The van der Waals surface area contributed by atoms with Crippen LogP contribution in [0.1, 0.15) is 30.1 Å². The van der Waals surface area contributed by atoms with E-state index < -0.39 is 0 Å². The van der Waals surface area contributed by atoms with Crippen molar-refractivity contribution in [3.63, 3.8) is 0 Å². The largest absolute Gasteiger partial charge is 0.304 e. The fraction of sp³-hybridized carbons (Fsp3) is 0.312. The van der Waals surface area contributed by atoms with Gasteiger partial charge in [0, 0.05) is 18.8 Å². The van der Waals surface area contributed by atoms with E-state index in [9.17, 15) is 0 Å². The Kier molecular flexibility index (Phi) is 3.37. The monoisotopic (exact) mass is 238 g/mol. The highest BCUT2D eigenvalue weighted by molar-refractivity contribution is 5.21. The maximum absolute atomic E-state index is 4.36. The average Bonchev–Trinajstić information content (AvgIpc) is 3.26. The van der Waals surface area contributed by atoms with Crippen LogP contribution in [-0.2, 0) is 6.54 Å². The summed E-state index contributed by atoms with van der Waals surface area (Å²) in [5.41, 5.74) is 2.51. The Morgan fingerprint density at radius 2 is 1.83 bits per heavy atom. The van der Waals surface area contributed by atoms with E-state index >= 15 is 0 Å².